The first-order valence-corrected chi connectivity index (χ1v) is 11.1. The van der Waals surface area contributed by atoms with E-state index in [1.807, 2.05) is 30.5 Å². The van der Waals surface area contributed by atoms with Crippen molar-refractivity contribution in [2.45, 2.75) is 17.7 Å². The number of hydrogen-bond acceptors (Lipinski definition) is 3. The summed E-state index contributed by atoms with van der Waals surface area (Å²) in [5.74, 6) is -2.34. The summed E-state index contributed by atoms with van der Waals surface area (Å²) in [6, 6.07) is 10.4. The molecule has 1 N–H and O–H groups in total. The number of nitrogens with one attached hydrogen (secondary N) is 1. The second-order valence-electron chi connectivity index (χ2n) is 7.22. The monoisotopic (exact) mass is 433 g/mol. The minimum absolute atomic E-state index is 0.0369. The van der Waals surface area contributed by atoms with Crippen molar-refractivity contribution in [1.29, 1.82) is 0 Å². The second-order valence-corrected chi connectivity index (χ2v) is 9.16. The van der Waals surface area contributed by atoms with Gasteiger partial charge in [0.1, 0.15) is 0 Å². The van der Waals surface area contributed by atoms with Gasteiger partial charge in [0.2, 0.25) is 15.9 Å². The highest BCUT2D eigenvalue weighted by Crippen LogP contribution is 2.22. The topological polar surface area (TPSA) is 73.5 Å². The number of rotatable bonds is 5. The van der Waals surface area contributed by atoms with Gasteiger partial charge in [-0.1, -0.05) is 18.2 Å². The third kappa shape index (κ3) is 3.95. The van der Waals surface area contributed by atoms with Crippen LogP contribution in [-0.2, 0) is 21.2 Å². The van der Waals surface area contributed by atoms with Gasteiger partial charge in [0.05, 0.1) is 4.90 Å². The third-order valence-electron chi connectivity index (χ3n) is 5.40. The molecule has 0 atom stereocenters. The van der Waals surface area contributed by atoms with Gasteiger partial charge in [-0.25, -0.2) is 17.2 Å². The fraction of sp³-hybridized carbons (Fsp3) is 0.286. The molecular weight excluding hydrogens is 412 g/mol. The molecule has 0 aliphatic carbocycles. The van der Waals surface area contributed by atoms with E-state index in [-0.39, 0.29) is 37.0 Å². The molecule has 158 valence electrons. The summed E-state index contributed by atoms with van der Waals surface area (Å²) < 4.78 is 53.1. The number of nitrogens with zero attached hydrogens (tertiary/aromatic N) is 2. The summed E-state index contributed by atoms with van der Waals surface area (Å²) in [6.45, 7) is 0.742. The largest absolute Gasteiger partial charge is 0.361 e. The molecule has 0 spiro atoms. The SMILES string of the molecule is O=C(CCc1c[nH]c2ccccc12)N1CCN(S(=O)(=O)c2ccc(F)c(F)c2)CC1. The highest BCUT2D eigenvalue weighted by molar-refractivity contribution is 7.89. The number of hydrogen-bond donors (Lipinski definition) is 1. The molecule has 9 heteroatoms. The van der Waals surface area contributed by atoms with Crippen molar-refractivity contribution < 1.29 is 22.0 Å². The maximum absolute atomic E-state index is 13.4. The van der Waals surface area contributed by atoms with E-state index in [4.69, 9.17) is 0 Å². The molecule has 3 aromatic rings. The Morgan fingerprint density at radius 2 is 1.73 bits per heavy atom. The zero-order chi connectivity index (χ0) is 21.3. The van der Waals surface area contributed by atoms with Crippen molar-refractivity contribution in [3.05, 3.63) is 65.9 Å². The van der Waals surface area contributed by atoms with Gasteiger partial charge in [-0.3, -0.25) is 4.79 Å². The molecule has 1 saturated heterocycles. The number of amides is 1. The van der Waals surface area contributed by atoms with Crippen LogP contribution in [0.2, 0.25) is 0 Å². The van der Waals surface area contributed by atoms with E-state index in [1.165, 1.54) is 4.31 Å². The average molecular weight is 433 g/mol. The van der Waals surface area contributed by atoms with Gasteiger partial charge >= 0.3 is 0 Å². The number of carbonyl (C=O) groups is 1. The summed E-state index contributed by atoms with van der Waals surface area (Å²) in [5, 5.41) is 1.09. The Bertz CT molecular complexity index is 1190. The van der Waals surface area contributed by atoms with Crippen molar-refractivity contribution in [2.24, 2.45) is 0 Å². The first kappa shape index (κ1) is 20.5. The Kier molecular flexibility index (Phi) is 5.57. The quantitative estimate of drug-likeness (QED) is 0.673. The molecule has 1 aromatic heterocycles. The summed E-state index contributed by atoms with van der Waals surface area (Å²) in [5.41, 5.74) is 2.09. The maximum atomic E-state index is 13.4. The number of benzene rings is 2. The summed E-state index contributed by atoms with van der Waals surface area (Å²) in [6.07, 6.45) is 2.83. The lowest BCUT2D eigenvalue weighted by Crippen LogP contribution is -2.50. The van der Waals surface area contributed by atoms with E-state index in [0.717, 1.165) is 28.6 Å². The van der Waals surface area contributed by atoms with Crippen LogP contribution in [0.25, 0.3) is 10.9 Å². The molecular formula is C21H21F2N3O3S. The third-order valence-corrected chi connectivity index (χ3v) is 7.30. The zero-order valence-corrected chi connectivity index (χ0v) is 17.0. The number of aryl methyl sites for hydroxylation is 1. The molecule has 4 rings (SSSR count). The summed E-state index contributed by atoms with van der Waals surface area (Å²) in [7, 11) is -3.94. The van der Waals surface area contributed by atoms with Gasteiger partial charge in [0.25, 0.3) is 0 Å². The van der Waals surface area contributed by atoms with Crippen LogP contribution in [0.1, 0.15) is 12.0 Å². The Labute approximate surface area is 173 Å². The highest BCUT2D eigenvalue weighted by atomic mass is 32.2. The number of para-hydroxylation sites is 1. The first-order chi connectivity index (χ1) is 14.4. The average Bonchev–Trinajstić information content (AvgIpc) is 3.17. The maximum Gasteiger partial charge on any atom is 0.243 e. The van der Waals surface area contributed by atoms with E-state index in [1.54, 1.807) is 4.90 Å². The van der Waals surface area contributed by atoms with Gasteiger partial charge < -0.3 is 9.88 Å². The number of halogens is 2. The predicted molar refractivity (Wildman–Crippen MR) is 108 cm³/mol. The molecule has 1 amide bonds. The van der Waals surface area contributed by atoms with Gasteiger partial charge in [-0.2, -0.15) is 4.31 Å². The van der Waals surface area contributed by atoms with Crippen LogP contribution in [0.3, 0.4) is 0 Å². The smallest absolute Gasteiger partial charge is 0.243 e. The van der Waals surface area contributed by atoms with Crippen LogP contribution >= 0.6 is 0 Å². The molecule has 2 aromatic carbocycles. The van der Waals surface area contributed by atoms with E-state index >= 15 is 0 Å². The Morgan fingerprint density at radius 1 is 1.00 bits per heavy atom. The van der Waals surface area contributed by atoms with Gasteiger partial charge in [-0.05, 0) is 36.2 Å². The molecule has 0 unspecified atom stereocenters. The van der Waals surface area contributed by atoms with Crippen molar-refractivity contribution in [1.82, 2.24) is 14.2 Å². The minimum atomic E-state index is -3.94. The number of aromatic amines is 1. The Balaban J connectivity index is 1.35. The Hall–Kier alpha value is -2.78. The molecule has 0 saturated carbocycles. The fourth-order valence-corrected chi connectivity index (χ4v) is 5.14. The van der Waals surface area contributed by atoms with E-state index < -0.39 is 21.7 Å². The predicted octanol–water partition coefficient (Wildman–Crippen LogP) is 2.91. The van der Waals surface area contributed by atoms with Crippen LogP contribution in [0.15, 0.2) is 53.6 Å². The standard InChI is InChI=1S/C21H21F2N3O3S/c22-18-7-6-16(13-19(18)23)30(28,29)26-11-9-25(10-12-26)21(27)8-5-15-14-24-20-4-2-1-3-17(15)20/h1-4,6-7,13-14,24H,5,8-12H2. The van der Waals surface area contributed by atoms with Crippen LogP contribution in [0, 0.1) is 11.6 Å². The lowest BCUT2D eigenvalue weighted by molar-refractivity contribution is -0.132. The van der Waals surface area contributed by atoms with Crippen LogP contribution < -0.4 is 0 Å². The van der Waals surface area contributed by atoms with E-state index in [9.17, 15) is 22.0 Å². The molecule has 30 heavy (non-hydrogen) atoms. The first-order valence-electron chi connectivity index (χ1n) is 9.64. The minimum Gasteiger partial charge on any atom is -0.361 e. The van der Waals surface area contributed by atoms with Crippen molar-refractivity contribution in [3.8, 4) is 0 Å². The fourth-order valence-electron chi connectivity index (χ4n) is 3.70. The molecule has 1 fully saturated rings. The number of sulfonamides is 1. The molecule has 0 bridgehead atoms. The molecule has 0 radical (unpaired) electrons. The number of H-pyrrole nitrogens is 1. The van der Waals surface area contributed by atoms with Crippen LogP contribution in [0.5, 0.6) is 0 Å². The summed E-state index contributed by atoms with van der Waals surface area (Å²) in [4.78, 5) is 17.1. The molecule has 6 nitrogen and oxygen atoms in total. The van der Waals surface area contributed by atoms with Crippen LogP contribution in [-0.4, -0.2) is 54.7 Å². The molecule has 2 heterocycles. The van der Waals surface area contributed by atoms with Crippen molar-refractivity contribution >= 4 is 26.8 Å². The van der Waals surface area contributed by atoms with Crippen molar-refractivity contribution in [2.75, 3.05) is 26.2 Å². The molecule has 1 aliphatic rings. The summed E-state index contributed by atoms with van der Waals surface area (Å²) >= 11 is 0. The van der Waals surface area contributed by atoms with Gasteiger partial charge in [0.15, 0.2) is 11.6 Å². The Morgan fingerprint density at radius 3 is 2.47 bits per heavy atom. The second kappa shape index (κ2) is 8.16. The van der Waals surface area contributed by atoms with E-state index in [0.29, 0.717) is 18.9 Å². The zero-order valence-electron chi connectivity index (χ0n) is 16.1. The van der Waals surface area contributed by atoms with Gasteiger partial charge in [-0.15, -0.1) is 0 Å². The normalized spacial score (nSPS) is 15.6. The van der Waals surface area contributed by atoms with Gasteiger partial charge in [0, 0.05) is 49.7 Å². The molecule has 1 aliphatic heterocycles. The van der Waals surface area contributed by atoms with E-state index in [2.05, 4.69) is 4.98 Å². The number of carbonyl (C=O) groups excluding carboxylic acids is 1. The number of piperazine rings is 1. The number of fused-ring (bicyclic) bond motifs is 1. The lowest BCUT2D eigenvalue weighted by atomic mass is 10.1. The van der Waals surface area contributed by atoms with Crippen molar-refractivity contribution in [3.63, 3.8) is 0 Å². The number of aromatic nitrogens is 1. The van der Waals surface area contributed by atoms with Crippen LogP contribution in [0.4, 0.5) is 8.78 Å². The highest BCUT2D eigenvalue weighted by Gasteiger charge is 2.30. The lowest BCUT2D eigenvalue weighted by Gasteiger charge is -2.34.